The molecule has 0 bridgehead atoms. The van der Waals surface area contributed by atoms with Gasteiger partial charge in [0, 0.05) is 29.8 Å². The van der Waals surface area contributed by atoms with Gasteiger partial charge in [0.2, 0.25) is 0 Å². The van der Waals surface area contributed by atoms with Crippen LogP contribution in [0.4, 0.5) is 0 Å². The number of fused-ring (bicyclic) bond motifs is 1. The second kappa shape index (κ2) is 6.75. The summed E-state index contributed by atoms with van der Waals surface area (Å²) in [6.07, 6.45) is 5.35. The third-order valence-electron chi connectivity index (χ3n) is 5.15. The van der Waals surface area contributed by atoms with Crippen LogP contribution in [0.3, 0.4) is 0 Å². The summed E-state index contributed by atoms with van der Waals surface area (Å²) >= 11 is 0. The lowest BCUT2D eigenvalue weighted by Gasteiger charge is -2.34. The summed E-state index contributed by atoms with van der Waals surface area (Å²) in [6, 6.07) is 14.4. The van der Waals surface area contributed by atoms with E-state index in [2.05, 4.69) is 39.1 Å². The molecule has 1 saturated heterocycles. The van der Waals surface area contributed by atoms with E-state index < -0.39 is 6.10 Å². The van der Waals surface area contributed by atoms with E-state index in [1.807, 2.05) is 24.4 Å². The van der Waals surface area contributed by atoms with Gasteiger partial charge in [-0.2, -0.15) is 0 Å². The number of hydrogen-bond acceptors (Lipinski definition) is 3. The summed E-state index contributed by atoms with van der Waals surface area (Å²) in [4.78, 5) is 10.1. The number of aromatic amines is 1. The zero-order valence-electron chi connectivity index (χ0n) is 13.7. The number of aromatic nitrogens is 2. The number of H-pyrrole nitrogens is 1. The molecule has 3 aromatic rings. The molecule has 4 rings (SSSR count). The van der Waals surface area contributed by atoms with Crippen LogP contribution in [0.25, 0.3) is 10.9 Å². The molecule has 1 atom stereocenters. The van der Waals surface area contributed by atoms with E-state index in [0.717, 1.165) is 38.2 Å². The van der Waals surface area contributed by atoms with Gasteiger partial charge in [0.15, 0.2) is 0 Å². The quantitative estimate of drug-likeness (QED) is 0.773. The van der Waals surface area contributed by atoms with E-state index in [9.17, 15) is 5.11 Å². The molecule has 0 aliphatic carbocycles. The number of aliphatic hydroxyl groups is 1. The Labute approximate surface area is 142 Å². The van der Waals surface area contributed by atoms with E-state index in [1.165, 1.54) is 16.5 Å². The summed E-state index contributed by atoms with van der Waals surface area (Å²) in [5.74, 6) is 0.305. The topological polar surface area (TPSA) is 52.2 Å². The predicted molar refractivity (Wildman–Crippen MR) is 95.5 cm³/mol. The SMILES string of the molecule is O[C@@H](c1ccccn1)C1CCN(Cc2cccc3[nH]ccc23)CC1. The first kappa shape index (κ1) is 15.4. The van der Waals surface area contributed by atoms with Gasteiger partial charge in [-0.15, -0.1) is 0 Å². The van der Waals surface area contributed by atoms with Crippen molar-refractivity contribution >= 4 is 10.9 Å². The summed E-state index contributed by atoms with van der Waals surface area (Å²) in [7, 11) is 0. The van der Waals surface area contributed by atoms with Gasteiger partial charge >= 0.3 is 0 Å². The highest BCUT2D eigenvalue weighted by Gasteiger charge is 2.27. The van der Waals surface area contributed by atoms with Crippen LogP contribution in [0, 0.1) is 5.92 Å². The Morgan fingerprint density at radius 1 is 1.12 bits per heavy atom. The lowest BCUT2D eigenvalue weighted by Crippen LogP contribution is -2.35. The molecule has 1 aromatic carbocycles. The molecule has 3 heterocycles. The van der Waals surface area contributed by atoms with Gasteiger partial charge in [-0.05, 0) is 61.7 Å². The van der Waals surface area contributed by atoms with Gasteiger partial charge in [-0.25, -0.2) is 0 Å². The number of nitrogens with one attached hydrogen (secondary N) is 1. The molecule has 0 spiro atoms. The fourth-order valence-corrected chi connectivity index (χ4v) is 3.75. The first-order chi connectivity index (χ1) is 11.8. The van der Waals surface area contributed by atoms with Gasteiger partial charge in [-0.1, -0.05) is 18.2 Å². The van der Waals surface area contributed by atoms with Gasteiger partial charge in [0.25, 0.3) is 0 Å². The van der Waals surface area contributed by atoms with Crippen molar-refractivity contribution in [3.63, 3.8) is 0 Å². The number of hydrogen-bond donors (Lipinski definition) is 2. The highest BCUT2D eigenvalue weighted by atomic mass is 16.3. The molecule has 1 fully saturated rings. The monoisotopic (exact) mass is 321 g/mol. The molecule has 4 nitrogen and oxygen atoms in total. The van der Waals surface area contributed by atoms with Gasteiger partial charge < -0.3 is 10.1 Å². The smallest absolute Gasteiger partial charge is 0.0988 e. The van der Waals surface area contributed by atoms with Gasteiger partial charge in [0.05, 0.1) is 11.8 Å². The normalized spacial score (nSPS) is 18.0. The molecule has 0 radical (unpaired) electrons. The van der Waals surface area contributed by atoms with Crippen LogP contribution < -0.4 is 0 Å². The average molecular weight is 321 g/mol. The van der Waals surface area contributed by atoms with Crippen LogP contribution in [0.2, 0.25) is 0 Å². The molecule has 0 unspecified atom stereocenters. The lowest BCUT2D eigenvalue weighted by atomic mass is 9.89. The van der Waals surface area contributed by atoms with E-state index in [-0.39, 0.29) is 0 Å². The average Bonchev–Trinajstić information content (AvgIpc) is 3.12. The van der Waals surface area contributed by atoms with E-state index in [1.54, 1.807) is 6.20 Å². The molecule has 24 heavy (non-hydrogen) atoms. The molecule has 124 valence electrons. The standard InChI is InChI=1S/C20H23N3O/c24-20(19-5-1-2-10-21-19)15-8-12-23(13-9-15)14-16-4-3-6-18-17(16)7-11-22-18/h1-7,10-11,15,20,22,24H,8-9,12-14H2/t20-/m1/s1. The zero-order valence-corrected chi connectivity index (χ0v) is 13.7. The van der Waals surface area contributed by atoms with Crippen molar-refractivity contribution in [3.8, 4) is 0 Å². The molecule has 0 saturated carbocycles. The minimum atomic E-state index is -0.443. The number of aliphatic hydroxyl groups excluding tert-OH is 1. The van der Waals surface area contributed by atoms with Crippen molar-refractivity contribution in [2.75, 3.05) is 13.1 Å². The number of rotatable bonds is 4. The first-order valence-electron chi connectivity index (χ1n) is 8.67. The Morgan fingerprint density at radius 2 is 2.00 bits per heavy atom. The minimum Gasteiger partial charge on any atom is -0.387 e. The lowest BCUT2D eigenvalue weighted by molar-refractivity contribution is 0.0541. The number of pyridine rings is 1. The zero-order chi connectivity index (χ0) is 16.4. The number of benzene rings is 1. The number of likely N-dealkylation sites (tertiary alicyclic amines) is 1. The molecular weight excluding hydrogens is 298 g/mol. The molecule has 4 heteroatoms. The molecule has 2 N–H and O–H groups in total. The van der Waals surface area contributed by atoms with Gasteiger partial charge in [0.1, 0.15) is 0 Å². The van der Waals surface area contributed by atoms with Crippen LogP contribution >= 0.6 is 0 Å². The van der Waals surface area contributed by atoms with E-state index >= 15 is 0 Å². The second-order valence-electron chi connectivity index (χ2n) is 6.67. The third kappa shape index (κ3) is 3.07. The summed E-state index contributed by atoms with van der Waals surface area (Å²) < 4.78 is 0. The van der Waals surface area contributed by atoms with Gasteiger partial charge in [-0.3, -0.25) is 9.88 Å². The fraction of sp³-hybridized carbons (Fsp3) is 0.350. The maximum atomic E-state index is 10.5. The van der Waals surface area contributed by atoms with Crippen molar-refractivity contribution in [2.24, 2.45) is 5.92 Å². The van der Waals surface area contributed by atoms with Crippen molar-refractivity contribution in [3.05, 3.63) is 66.1 Å². The Kier molecular flexibility index (Phi) is 4.32. The first-order valence-corrected chi connectivity index (χ1v) is 8.67. The van der Waals surface area contributed by atoms with Crippen molar-refractivity contribution in [1.29, 1.82) is 0 Å². The largest absolute Gasteiger partial charge is 0.387 e. The molecule has 0 amide bonds. The molecule has 1 aliphatic rings. The Bertz CT molecular complexity index is 791. The van der Waals surface area contributed by atoms with E-state index in [4.69, 9.17) is 0 Å². The van der Waals surface area contributed by atoms with E-state index in [0.29, 0.717) is 5.92 Å². The highest BCUT2D eigenvalue weighted by Crippen LogP contribution is 2.30. The summed E-state index contributed by atoms with van der Waals surface area (Å²) in [5, 5.41) is 11.9. The van der Waals surface area contributed by atoms with Crippen LogP contribution in [0.15, 0.2) is 54.9 Å². The Morgan fingerprint density at radius 3 is 2.79 bits per heavy atom. The van der Waals surface area contributed by atoms with Crippen LogP contribution in [-0.4, -0.2) is 33.1 Å². The minimum absolute atomic E-state index is 0.305. The Hall–Kier alpha value is -2.17. The Balaban J connectivity index is 1.39. The molecule has 1 aliphatic heterocycles. The van der Waals surface area contributed by atoms with Crippen LogP contribution in [-0.2, 0) is 6.54 Å². The fourth-order valence-electron chi connectivity index (χ4n) is 3.75. The third-order valence-corrected chi connectivity index (χ3v) is 5.15. The highest BCUT2D eigenvalue weighted by molar-refractivity contribution is 5.82. The maximum Gasteiger partial charge on any atom is 0.0988 e. The predicted octanol–water partition coefficient (Wildman–Crippen LogP) is 3.51. The van der Waals surface area contributed by atoms with Crippen molar-refractivity contribution < 1.29 is 5.11 Å². The number of nitrogens with zero attached hydrogens (tertiary/aromatic N) is 2. The van der Waals surface area contributed by atoms with Crippen molar-refractivity contribution in [2.45, 2.75) is 25.5 Å². The molecular formula is C20H23N3O. The second-order valence-corrected chi connectivity index (χ2v) is 6.67. The van der Waals surface area contributed by atoms with Crippen LogP contribution in [0.5, 0.6) is 0 Å². The number of piperidine rings is 1. The summed E-state index contributed by atoms with van der Waals surface area (Å²) in [6.45, 7) is 3.02. The van der Waals surface area contributed by atoms with Crippen molar-refractivity contribution in [1.82, 2.24) is 14.9 Å². The van der Waals surface area contributed by atoms with Crippen LogP contribution in [0.1, 0.15) is 30.2 Å². The summed E-state index contributed by atoms with van der Waals surface area (Å²) in [5.41, 5.74) is 3.37. The maximum absolute atomic E-state index is 10.5. The molecule has 2 aromatic heterocycles.